The standard InChI is InChI=1S/C22H24BrNO3/c1-2-11-24-15-5-3-7-18(26)21(15)20(14-12-13(23)9-10-17(14)25)22-16(24)6-4-8-19(22)27/h9-10,12,20,25H,2-8,11H2,1H3. The molecule has 0 amide bonds. The maximum Gasteiger partial charge on any atom is 0.161 e. The van der Waals surface area contributed by atoms with Crippen LogP contribution in [-0.4, -0.2) is 28.1 Å². The molecule has 142 valence electrons. The van der Waals surface area contributed by atoms with Gasteiger partial charge in [-0.15, -0.1) is 0 Å². The third kappa shape index (κ3) is 3.06. The Morgan fingerprint density at radius 3 is 2.19 bits per heavy atom. The van der Waals surface area contributed by atoms with Crippen LogP contribution in [0.3, 0.4) is 0 Å². The Hall–Kier alpha value is -1.88. The third-order valence-electron chi connectivity index (χ3n) is 5.83. The van der Waals surface area contributed by atoms with Crippen molar-refractivity contribution in [2.24, 2.45) is 0 Å². The van der Waals surface area contributed by atoms with Crippen molar-refractivity contribution in [1.82, 2.24) is 4.90 Å². The van der Waals surface area contributed by atoms with Gasteiger partial charge in [-0.1, -0.05) is 22.9 Å². The largest absolute Gasteiger partial charge is 0.508 e. The van der Waals surface area contributed by atoms with Crippen LogP contribution in [0.4, 0.5) is 0 Å². The van der Waals surface area contributed by atoms with Crippen molar-refractivity contribution in [3.63, 3.8) is 0 Å². The van der Waals surface area contributed by atoms with Gasteiger partial charge in [0.25, 0.3) is 0 Å². The summed E-state index contributed by atoms with van der Waals surface area (Å²) in [7, 11) is 0. The van der Waals surface area contributed by atoms with Crippen LogP contribution in [0.15, 0.2) is 45.2 Å². The third-order valence-corrected chi connectivity index (χ3v) is 6.33. The molecule has 0 radical (unpaired) electrons. The van der Waals surface area contributed by atoms with Crippen molar-refractivity contribution >= 4 is 27.5 Å². The summed E-state index contributed by atoms with van der Waals surface area (Å²) in [6.45, 7) is 2.96. The van der Waals surface area contributed by atoms with Crippen LogP contribution in [0, 0.1) is 0 Å². The van der Waals surface area contributed by atoms with Gasteiger partial charge in [-0.25, -0.2) is 0 Å². The fourth-order valence-corrected chi connectivity index (χ4v) is 5.16. The molecule has 1 heterocycles. The molecule has 2 aliphatic carbocycles. The summed E-state index contributed by atoms with van der Waals surface area (Å²) >= 11 is 3.48. The van der Waals surface area contributed by atoms with Crippen LogP contribution in [0.1, 0.15) is 63.4 Å². The highest BCUT2D eigenvalue weighted by Crippen LogP contribution is 2.50. The summed E-state index contributed by atoms with van der Waals surface area (Å²) in [5.41, 5.74) is 4.28. The average molecular weight is 430 g/mol. The number of hydrogen-bond donors (Lipinski definition) is 1. The lowest BCUT2D eigenvalue weighted by atomic mass is 9.70. The minimum absolute atomic E-state index is 0.117. The van der Waals surface area contributed by atoms with E-state index >= 15 is 0 Å². The molecule has 1 aromatic rings. The molecule has 0 aromatic heterocycles. The first kappa shape index (κ1) is 18.5. The summed E-state index contributed by atoms with van der Waals surface area (Å²) in [4.78, 5) is 28.3. The Bertz CT molecular complexity index is 840. The first-order valence-corrected chi connectivity index (χ1v) is 10.6. The fraction of sp³-hybridized carbons (Fsp3) is 0.455. The van der Waals surface area contributed by atoms with Crippen LogP contribution in [0.25, 0.3) is 0 Å². The van der Waals surface area contributed by atoms with Gasteiger partial charge in [0.1, 0.15) is 5.75 Å². The Kier molecular flexibility index (Phi) is 4.97. The number of halogens is 1. The van der Waals surface area contributed by atoms with Crippen molar-refractivity contribution < 1.29 is 14.7 Å². The highest BCUT2D eigenvalue weighted by molar-refractivity contribution is 9.10. The second kappa shape index (κ2) is 7.27. The number of allylic oxidation sites excluding steroid dienone is 4. The second-order valence-electron chi connectivity index (χ2n) is 7.56. The van der Waals surface area contributed by atoms with Gasteiger partial charge in [0, 0.05) is 57.9 Å². The van der Waals surface area contributed by atoms with E-state index in [9.17, 15) is 14.7 Å². The van der Waals surface area contributed by atoms with Crippen molar-refractivity contribution in [2.75, 3.05) is 6.54 Å². The summed E-state index contributed by atoms with van der Waals surface area (Å²) in [5.74, 6) is -0.0675. The number of Topliss-reactive ketones (excluding diaryl/α,β-unsaturated/α-hetero) is 2. The van der Waals surface area contributed by atoms with Gasteiger partial charge < -0.3 is 10.0 Å². The van der Waals surface area contributed by atoms with Crippen molar-refractivity contribution in [3.8, 4) is 5.75 Å². The van der Waals surface area contributed by atoms with Crippen molar-refractivity contribution in [3.05, 3.63) is 50.8 Å². The van der Waals surface area contributed by atoms with Crippen molar-refractivity contribution in [2.45, 2.75) is 57.8 Å². The van der Waals surface area contributed by atoms with Gasteiger partial charge in [0.05, 0.1) is 0 Å². The first-order valence-electron chi connectivity index (χ1n) is 9.81. The molecule has 0 bridgehead atoms. The normalized spacial score (nSPS) is 20.9. The number of nitrogens with zero attached hydrogens (tertiary/aromatic N) is 1. The summed E-state index contributed by atoms with van der Waals surface area (Å²) in [5, 5.41) is 10.6. The van der Waals surface area contributed by atoms with E-state index in [0.717, 1.165) is 65.7 Å². The molecule has 0 saturated carbocycles. The number of phenolic OH excluding ortho intramolecular Hbond substituents is 1. The second-order valence-corrected chi connectivity index (χ2v) is 8.48. The molecule has 0 fully saturated rings. The van der Waals surface area contributed by atoms with E-state index in [1.807, 2.05) is 6.07 Å². The quantitative estimate of drug-likeness (QED) is 0.735. The highest BCUT2D eigenvalue weighted by Gasteiger charge is 2.43. The van der Waals surface area contributed by atoms with Gasteiger partial charge >= 0.3 is 0 Å². The minimum atomic E-state index is -0.443. The van der Waals surface area contributed by atoms with E-state index in [1.165, 1.54) is 0 Å². The van der Waals surface area contributed by atoms with Crippen LogP contribution < -0.4 is 0 Å². The van der Waals surface area contributed by atoms with E-state index in [4.69, 9.17) is 0 Å². The van der Waals surface area contributed by atoms with Crippen LogP contribution in [0.5, 0.6) is 5.75 Å². The fourth-order valence-electron chi connectivity index (χ4n) is 4.78. The summed E-state index contributed by atoms with van der Waals surface area (Å²) in [6.07, 6.45) is 5.41. The van der Waals surface area contributed by atoms with Gasteiger partial charge in [0.15, 0.2) is 11.6 Å². The van der Waals surface area contributed by atoms with Gasteiger partial charge in [-0.2, -0.15) is 0 Å². The van der Waals surface area contributed by atoms with Gasteiger partial charge in [-0.05, 0) is 50.3 Å². The lowest BCUT2D eigenvalue weighted by molar-refractivity contribution is -0.117. The molecular weight excluding hydrogens is 406 g/mol. The molecule has 4 nitrogen and oxygen atoms in total. The molecule has 3 aliphatic rings. The van der Waals surface area contributed by atoms with Crippen molar-refractivity contribution in [1.29, 1.82) is 0 Å². The van der Waals surface area contributed by atoms with Gasteiger partial charge in [0.2, 0.25) is 0 Å². The van der Waals surface area contributed by atoms with Crippen LogP contribution >= 0.6 is 15.9 Å². The van der Waals surface area contributed by atoms with E-state index < -0.39 is 5.92 Å². The van der Waals surface area contributed by atoms with E-state index in [2.05, 4.69) is 27.8 Å². The Labute approximate surface area is 168 Å². The predicted molar refractivity (Wildman–Crippen MR) is 107 cm³/mol. The minimum Gasteiger partial charge on any atom is -0.508 e. The van der Waals surface area contributed by atoms with Crippen LogP contribution in [0.2, 0.25) is 0 Å². The number of phenols is 1. The average Bonchev–Trinajstić information content (AvgIpc) is 2.65. The molecular formula is C22H24BrNO3. The number of carbonyl (C=O) groups is 2. The lowest BCUT2D eigenvalue weighted by Gasteiger charge is -2.44. The molecule has 0 atom stereocenters. The molecule has 0 saturated heterocycles. The topological polar surface area (TPSA) is 57.6 Å². The molecule has 4 rings (SSSR count). The Balaban J connectivity index is 1.99. The number of ketones is 2. The predicted octanol–water partition coefficient (Wildman–Crippen LogP) is 4.98. The van der Waals surface area contributed by atoms with Crippen LogP contribution in [-0.2, 0) is 9.59 Å². The van der Waals surface area contributed by atoms with E-state index in [1.54, 1.807) is 12.1 Å². The number of carbonyl (C=O) groups excluding carboxylic acids is 2. The summed E-state index contributed by atoms with van der Waals surface area (Å²) < 4.78 is 0.835. The number of aromatic hydroxyl groups is 1. The zero-order valence-electron chi connectivity index (χ0n) is 15.6. The number of benzene rings is 1. The molecule has 0 unspecified atom stereocenters. The highest BCUT2D eigenvalue weighted by atomic mass is 79.9. The molecule has 27 heavy (non-hydrogen) atoms. The molecule has 1 aromatic carbocycles. The first-order chi connectivity index (χ1) is 13.0. The maximum atomic E-state index is 13.0. The molecule has 5 heteroatoms. The lowest BCUT2D eigenvalue weighted by Crippen LogP contribution is -2.39. The number of rotatable bonds is 3. The SMILES string of the molecule is CCCN1C2=C(C(=O)CCC2)C(c2cc(Br)ccc2O)C2=C1CCCC2=O. The molecule has 1 aliphatic heterocycles. The smallest absolute Gasteiger partial charge is 0.161 e. The van der Waals surface area contributed by atoms with E-state index in [-0.39, 0.29) is 17.3 Å². The van der Waals surface area contributed by atoms with Gasteiger partial charge in [-0.3, -0.25) is 9.59 Å². The summed E-state index contributed by atoms with van der Waals surface area (Å²) in [6, 6.07) is 5.27. The maximum absolute atomic E-state index is 13.0. The number of hydrogen-bond acceptors (Lipinski definition) is 4. The monoisotopic (exact) mass is 429 g/mol. The Morgan fingerprint density at radius 2 is 1.63 bits per heavy atom. The zero-order chi connectivity index (χ0) is 19.1. The molecule has 0 spiro atoms. The zero-order valence-corrected chi connectivity index (χ0v) is 17.1. The Morgan fingerprint density at radius 1 is 1.04 bits per heavy atom. The molecule has 1 N–H and O–H groups in total. The van der Waals surface area contributed by atoms with E-state index in [0.29, 0.717) is 18.4 Å².